The SMILES string of the molecule is O=C[P+](O)(O)CO. The van der Waals surface area contributed by atoms with Crippen LogP contribution in [0.5, 0.6) is 0 Å². The molecule has 3 N–H and O–H groups in total. The first-order valence-electron chi connectivity index (χ1n) is 1.53. The molecule has 0 bridgehead atoms. The minimum Gasteiger partial charge on any atom is -0.357 e. The van der Waals surface area contributed by atoms with Gasteiger partial charge in [0.05, 0.1) is 0 Å². The van der Waals surface area contributed by atoms with Crippen LogP contribution in [0.2, 0.25) is 0 Å². The second-order valence-corrected chi connectivity index (χ2v) is 3.10. The van der Waals surface area contributed by atoms with E-state index in [4.69, 9.17) is 14.9 Å². The van der Waals surface area contributed by atoms with Crippen LogP contribution in [0.1, 0.15) is 0 Å². The van der Waals surface area contributed by atoms with E-state index in [1.165, 1.54) is 0 Å². The van der Waals surface area contributed by atoms with Gasteiger partial charge in [-0.2, -0.15) is 0 Å². The van der Waals surface area contributed by atoms with Gasteiger partial charge in [-0.1, -0.05) is 0 Å². The van der Waals surface area contributed by atoms with Crippen LogP contribution in [0, 0.1) is 0 Å². The number of hydrogen-bond acceptors (Lipinski definition) is 4. The van der Waals surface area contributed by atoms with Crippen molar-refractivity contribution < 1.29 is 19.7 Å². The van der Waals surface area contributed by atoms with Gasteiger partial charge in [0, 0.05) is 0 Å². The molecular weight excluding hydrogens is 119 g/mol. The van der Waals surface area contributed by atoms with Crippen molar-refractivity contribution in [2.75, 3.05) is 6.35 Å². The zero-order chi connectivity index (χ0) is 5.91. The average Bonchev–Trinajstić information content (AvgIpc) is 1.68. The van der Waals surface area contributed by atoms with Crippen LogP contribution in [0.15, 0.2) is 0 Å². The molecule has 0 aliphatic heterocycles. The van der Waals surface area contributed by atoms with E-state index in [2.05, 4.69) is 0 Å². The Morgan fingerprint density at radius 3 is 2.00 bits per heavy atom. The fraction of sp³-hybridized carbons (Fsp3) is 0.500. The molecule has 0 fully saturated rings. The first-order valence-corrected chi connectivity index (χ1v) is 3.48. The summed E-state index contributed by atoms with van der Waals surface area (Å²) in [5.74, 6) is 0. The van der Waals surface area contributed by atoms with Gasteiger partial charge in [-0.25, -0.2) is 9.79 Å². The van der Waals surface area contributed by atoms with Crippen molar-refractivity contribution in [1.82, 2.24) is 0 Å². The maximum Gasteiger partial charge on any atom is 0.360 e. The number of carbonyl (C=O) groups is 1. The van der Waals surface area contributed by atoms with Crippen molar-refractivity contribution in [2.45, 2.75) is 0 Å². The van der Waals surface area contributed by atoms with Crippen LogP contribution >= 0.6 is 7.72 Å². The summed E-state index contributed by atoms with van der Waals surface area (Å²) >= 11 is 0. The van der Waals surface area contributed by atoms with Crippen molar-refractivity contribution >= 4 is 13.7 Å². The van der Waals surface area contributed by atoms with Gasteiger partial charge in [0.2, 0.25) is 6.35 Å². The Morgan fingerprint density at radius 2 is 2.00 bits per heavy atom. The molecule has 0 rings (SSSR count). The van der Waals surface area contributed by atoms with Crippen LogP contribution in [-0.2, 0) is 4.79 Å². The Balaban J connectivity index is 3.58. The number of carbonyl (C=O) groups excluding carboxylic acids is 1. The van der Waals surface area contributed by atoms with Gasteiger partial charge >= 0.3 is 13.7 Å². The Morgan fingerprint density at radius 1 is 1.57 bits per heavy atom. The fourth-order valence-corrected chi connectivity index (χ4v) is 0.100. The third-order valence-electron chi connectivity index (χ3n) is 0.377. The maximum absolute atomic E-state index is 9.45. The van der Waals surface area contributed by atoms with E-state index in [1.54, 1.807) is 0 Å². The molecule has 0 unspecified atom stereocenters. The van der Waals surface area contributed by atoms with Crippen molar-refractivity contribution in [3.63, 3.8) is 0 Å². The van der Waals surface area contributed by atoms with Gasteiger partial charge in [-0.05, 0) is 0 Å². The molecule has 0 aliphatic carbocycles. The molecule has 0 radical (unpaired) electrons. The molecule has 0 saturated heterocycles. The largest absolute Gasteiger partial charge is 0.360 e. The van der Waals surface area contributed by atoms with E-state index in [9.17, 15) is 4.79 Å². The average molecular weight is 125 g/mol. The molecule has 7 heavy (non-hydrogen) atoms. The number of aliphatic hydroxyl groups is 1. The lowest BCUT2D eigenvalue weighted by Crippen LogP contribution is -1.94. The lowest BCUT2D eigenvalue weighted by molar-refractivity contribution is 0.323. The summed E-state index contributed by atoms with van der Waals surface area (Å²) in [5, 5.41) is 7.91. The van der Waals surface area contributed by atoms with Crippen molar-refractivity contribution in [3.8, 4) is 0 Å². The summed E-state index contributed by atoms with van der Waals surface area (Å²) in [6.45, 7) is 0. The monoisotopic (exact) mass is 125 g/mol. The smallest absolute Gasteiger partial charge is 0.357 e. The molecule has 0 heterocycles. The molecule has 5 heteroatoms. The van der Waals surface area contributed by atoms with E-state index in [-0.39, 0.29) is 6.03 Å². The van der Waals surface area contributed by atoms with Crippen LogP contribution in [-0.4, -0.2) is 27.3 Å². The molecule has 0 aromatic heterocycles. The van der Waals surface area contributed by atoms with Crippen LogP contribution < -0.4 is 0 Å². The molecule has 4 nitrogen and oxygen atoms in total. The van der Waals surface area contributed by atoms with Crippen LogP contribution in [0.25, 0.3) is 0 Å². The number of hydrogen-bond donors (Lipinski definition) is 3. The Labute approximate surface area is 40.9 Å². The zero-order valence-corrected chi connectivity index (χ0v) is 4.38. The first kappa shape index (κ1) is 6.98. The standard InChI is InChI=1S/C2H6O4P/c3-1-7(5,6)2-4/h1,4-6H,2H2/q+1. The predicted octanol–water partition coefficient (Wildman–Crippen LogP) is -1.04. The Bertz CT molecular complexity index is 70.1. The highest BCUT2D eigenvalue weighted by Gasteiger charge is 2.30. The number of aliphatic hydroxyl groups excluding tert-OH is 1. The second-order valence-electron chi connectivity index (χ2n) is 1.03. The van der Waals surface area contributed by atoms with Crippen LogP contribution in [0.3, 0.4) is 0 Å². The van der Waals surface area contributed by atoms with E-state index in [0.717, 1.165) is 0 Å². The molecule has 42 valence electrons. The second kappa shape index (κ2) is 2.33. The summed E-state index contributed by atoms with van der Waals surface area (Å²) in [6, 6.07) is -0.0347. The highest BCUT2D eigenvalue weighted by molar-refractivity contribution is 7.78. The van der Waals surface area contributed by atoms with Gasteiger partial charge in [0.15, 0.2) is 0 Å². The first-order chi connectivity index (χ1) is 3.12. The topological polar surface area (TPSA) is 77.8 Å². The highest BCUT2D eigenvalue weighted by atomic mass is 31.2. The van der Waals surface area contributed by atoms with Gasteiger partial charge < -0.3 is 5.11 Å². The minimum atomic E-state index is -3.53. The van der Waals surface area contributed by atoms with Crippen LogP contribution in [0.4, 0.5) is 0 Å². The predicted molar refractivity (Wildman–Crippen MR) is 25.2 cm³/mol. The third kappa shape index (κ3) is 2.65. The highest BCUT2D eigenvalue weighted by Crippen LogP contribution is 2.44. The van der Waals surface area contributed by atoms with Gasteiger partial charge in [-0.3, -0.25) is 4.79 Å². The minimum absolute atomic E-state index is 0.0347. The summed E-state index contributed by atoms with van der Waals surface area (Å²) in [5.41, 5.74) is 0. The van der Waals surface area contributed by atoms with Crippen molar-refractivity contribution in [1.29, 1.82) is 0 Å². The van der Waals surface area contributed by atoms with E-state index in [1.807, 2.05) is 0 Å². The van der Waals surface area contributed by atoms with Gasteiger partial charge in [0.25, 0.3) is 0 Å². The molecular formula is C2H6O4P+. The lowest BCUT2D eigenvalue weighted by atomic mass is 11.7. The van der Waals surface area contributed by atoms with Gasteiger partial charge in [0.1, 0.15) is 0 Å². The molecule has 0 saturated carbocycles. The molecule has 0 aliphatic rings. The summed E-state index contributed by atoms with van der Waals surface area (Å²) in [7, 11) is -3.53. The molecule has 0 aromatic carbocycles. The summed E-state index contributed by atoms with van der Waals surface area (Å²) in [6.07, 6.45) is -0.851. The summed E-state index contributed by atoms with van der Waals surface area (Å²) < 4.78 is 0. The lowest BCUT2D eigenvalue weighted by Gasteiger charge is -1.95. The maximum atomic E-state index is 9.45. The molecule has 0 atom stereocenters. The van der Waals surface area contributed by atoms with E-state index in [0.29, 0.717) is 0 Å². The molecule has 0 amide bonds. The quantitative estimate of drug-likeness (QED) is 0.325. The normalized spacial score (nSPS) is 11.3. The Kier molecular flexibility index (Phi) is 2.32. The molecule has 0 spiro atoms. The van der Waals surface area contributed by atoms with Crippen molar-refractivity contribution in [2.24, 2.45) is 0 Å². The van der Waals surface area contributed by atoms with Crippen molar-refractivity contribution in [3.05, 3.63) is 0 Å². The Hall–Kier alpha value is -0.0200. The van der Waals surface area contributed by atoms with E-state index < -0.39 is 14.1 Å². The number of rotatable bonds is 2. The molecule has 0 aromatic rings. The van der Waals surface area contributed by atoms with Gasteiger partial charge in [-0.15, -0.1) is 0 Å². The third-order valence-corrected chi connectivity index (χ3v) is 1.13. The zero-order valence-electron chi connectivity index (χ0n) is 3.48. The van der Waals surface area contributed by atoms with E-state index >= 15 is 0 Å². The fourth-order valence-electron chi connectivity index (χ4n) is 0.0333. The summed E-state index contributed by atoms with van der Waals surface area (Å²) in [4.78, 5) is 25.8.